The Hall–Kier alpha value is -4.86. The highest BCUT2D eigenvalue weighted by Crippen LogP contribution is 2.26. The van der Waals surface area contributed by atoms with E-state index in [0.717, 1.165) is 0 Å². The Morgan fingerprint density at radius 3 is 1.50 bits per heavy atom. The van der Waals surface area contributed by atoms with Crippen LogP contribution in [0.1, 0.15) is 11.5 Å². The van der Waals surface area contributed by atoms with E-state index >= 15 is 0 Å². The minimum absolute atomic E-state index is 0.0263. The third kappa shape index (κ3) is 4.65. The van der Waals surface area contributed by atoms with Gasteiger partial charge < -0.3 is 8.83 Å². The monoisotopic (exact) mass is 430 g/mol. The molecule has 2 heterocycles. The maximum absolute atomic E-state index is 10.9. The first-order chi connectivity index (χ1) is 15.5. The number of nitrogens with zero attached hydrogens (tertiary/aromatic N) is 4. The van der Waals surface area contributed by atoms with Gasteiger partial charge in [0.05, 0.1) is 22.3 Å². The molecule has 0 amide bonds. The molecule has 32 heavy (non-hydrogen) atoms. The highest BCUT2D eigenvalue weighted by molar-refractivity contribution is 5.80. The number of furan rings is 2. The summed E-state index contributed by atoms with van der Waals surface area (Å²) in [6.07, 6.45) is 2.78. The van der Waals surface area contributed by atoms with Gasteiger partial charge in [0.15, 0.2) is 0 Å². The van der Waals surface area contributed by atoms with Gasteiger partial charge in [-0.25, -0.2) is 0 Å². The molecule has 2 aromatic carbocycles. The lowest BCUT2D eigenvalue weighted by Gasteiger charge is -1.96. The van der Waals surface area contributed by atoms with E-state index in [0.29, 0.717) is 34.2 Å². The Labute approximate surface area is 180 Å². The topological polar surface area (TPSA) is 137 Å². The number of hydrogen-bond donors (Lipinski definition) is 0. The minimum Gasteiger partial charge on any atom is -0.455 e. The number of nitro groups is 2. The van der Waals surface area contributed by atoms with Crippen LogP contribution in [0.5, 0.6) is 0 Å². The number of hydrogen-bond acceptors (Lipinski definition) is 8. The van der Waals surface area contributed by atoms with Crippen molar-refractivity contribution < 1.29 is 18.7 Å². The number of benzene rings is 2. The summed E-state index contributed by atoms with van der Waals surface area (Å²) in [5.41, 5.74) is 1.10. The maximum atomic E-state index is 10.9. The van der Waals surface area contributed by atoms with Crippen LogP contribution >= 0.6 is 0 Å². The van der Waals surface area contributed by atoms with Crippen molar-refractivity contribution in [3.63, 3.8) is 0 Å². The molecule has 0 fully saturated rings. The average molecular weight is 430 g/mol. The van der Waals surface area contributed by atoms with Crippen LogP contribution in [-0.2, 0) is 0 Å². The summed E-state index contributed by atoms with van der Waals surface area (Å²) in [5.74, 6) is 1.76. The van der Waals surface area contributed by atoms with Gasteiger partial charge in [-0.05, 0) is 24.3 Å². The fourth-order valence-corrected chi connectivity index (χ4v) is 2.88. The quantitative estimate of drug-likeness (QED) is 0.216. The maximum Gasteiger partial charge on any atom is 0.270 e. The van der Waals surface area contributed by atoms with Gasteiger partial charge in [0.2, 0.25) is 0 Å². The van der Waals surface area contributed by atoms with Crippen LogP contribution in [0.2, 0.25) is 0 Å². The molecular weight excluding hydrogens is 416 g/mol. The summed E-state index contributed by atoms with van der Waals surface area (Å²) in [5, 5.41) is 29.6. The van der Waals surface area contributed by atoms with E-state index in [4.69, 9.17) is 8.83 Å². The Balaban J connectivity index is 1.43. The zero-order valence-corrected chi connectivity index (χ0v) is 16.3. The lowest BCUT2D eigenvalue weighted by Crippen LogP contribution is -1.87. The largest absolute Gasteiger partial charge is 0.455 e. The van der Waals surface area contributed by atoms with Gasteiger partial charge in [-0.2, -0.15) is 10.2 Å². The second-order valence-corrected chi connectivity index (χ2v) is 6.51. The first-order valence-electron chi connectivity index (χ1n) is 9.25. The second kappa shape index (κ2) is 8.88. The van der Waals surface area contributed by atoms with E-state index < -0.39 is 9.85 Å². The third-order valence-corrected chi connectivity index (χ3v) is 4.37. The van der Waals surface area contributed by atoms with Crippen LogP contribution in [0.25, 0.3) is 22.6 Å². The number of nitro benzene ring substituents is 2. The summed E-state index contributed by atoms with van der Waals surface area (Å²) in [4.78, 5) is 20.9. The van der Waals surface area contributed by atoms with Crippen molar-refractivity contribution in [2.75, 3.05) is 0 Å². The molecule has 0 saturated carbocycles. The Morgan fingerprint density at radius 1 is 0.656 bits per heavy atom. The Kier molecular flexibility index (Phi) is 5.66. The van der Waals surface area contributed by atoms with Crippen molar-refractivity contribution in [3.8, 4) is 22.6 Å². The van der Waals surface area contributed by atoms with Gasteiger partial charge in [-0.15, -0.1) is 0 Å². The average Bonchev–Trinajstić information content (AvgIpc) is 3.47. The zero-order chi connectivity index (χ0) is 22.5. The minimum atomic E-state index is -0.470. The van der Waals surface area contributed by atoms with Crippen molar-refractivity contribution in [1.82, 2.24) is 0 Å². The van der Waals surface area contributed by atoms with Crippen LogP contribution in [0.15, 0.2) is 91.8 Å². The molecular formula is C22H14N4O6. The fourth-order valence-electron chi connectivity index (χ4n) is 2.88. The van der Waals surface area contributed by atoms with Crippen molar-refractivity contribution >= 4 is 23.8 Å². The van der Waals surface area contributed by atoms with Gasteiger partial charge in [0, 0.05) is 35.4 Å². The first-order valence-corrected chi connectivity index (χ1v) is 9.25. The van der Waals surface area contributed by atoms with Gasteiger partial charge >= 0.3 is 0 Å². The fraction of sp³-hybridized carbons (Fsp3) is 0. The molecule has 158 valence electrons. The molecule has 0 radical (unpaired) electrons. The molecule has 0 aliphatic carbocycles. The van der Waals surface area contributed by atoms with Crippen molar-refractivity contribution in [2.24, 2.45) is 10.2 Å². The van der Waals surface area contributed by atoms with E-state index in [1.165, 1.54) is 36.7 Å². The standard InChI is InChI=1S/C22H14N4O6/c27-25(28)17-5-1-3-15(11-17)21-9-7-19(31-21)13-23-24-14-20-8-10-22(32-20)16-4-2-6-18(12-16)26(29)30/h1-14H/b23-13+,24-14+. The van der Waals surface area contributed by atoms with E-state index in [2.05, 4.69) is 10.2 Å². The molecule has 4 aromatic rings. The van der Waals surface area contributed by atoms with Crippen LogP contribution in [0, 0.1) is 20.2 Å². The molecule has 2 aromatic heterocycles. The molecule has 0 atom stereocenters. The molecule has 0 saturated heterocycles. The second-order valence-electron chi connectivity index (χ2n) is 6.51. The van der Waals surface area contributed by atoms with E-state index in [9.17, 15) is 20.2 Å². The van der Waals surface area contributed by atoms with E-state index in [1.807, 2.05) is 0 Å². The molecule has 4 rings (SSSR count). The van der Waals surface area contributed by atoms with Gasteiger partial charge in [0.1, 0.15) is 23.0 Å². The smallest absolute Gasteiger partial charge is 0.270 e. The van der Waals surface area contributed by atoms with Gasteiger partial charge in [-0.3, -0.25) is 20.2 Å². The molecule has 0 unspecified atom stereocenters. The molecule has 0 bridgehead atoms. The van der Waals surface area contributed by atoms with Crippen LogP contribution in [0.3, 0.4) is 0 Å². The summed E-state index contributed by atoms with van der Waals surface area (Å²) in [7, 11) is 0. The Bertz CT molecular complexity index is 1250. The molecule has 0 aliphatic rings. The number of non-ortho nitro benzene ring substituents is 2. The highest BCUT2D eigenvalue weighted by Gasteiger charge is 2.11. The lowest BCUT2D eigenvalue weighted by molar-refractivity contribution is -0.385. The van der Waals surface area contributed by atoms with Crippen molar-refractivity contribution in [2.45, 2.75) is 0 Å². The first kappa shape index (κ1) is 20.4. The normalized spacial score (nSPS) is 11.4. The highest BCUT2D eigenvalue weighted by atomic mass is 16.6. The Morgan fingerprint density at radius 2 is 1.09 bits per heavy atom. The third-order valence-electron chi connectivity index (χ3n) is 4.37. The van der Waals surface area contributed by atoms with E-state index in [-0.39, 0.29) is 11.4 Å². The van der Waals surface area contributed by atoms with Crippen LogP contribution < -0.4 is 0 Å². The summed E-state index contributed by atoms with van der Waals surface area (Å²) >= 11 is 0. The number of rotatable bonds is 7. The summed E-state index contributed by atoms with van der Waals surface area (Å²) in [6, 6.07) is 18.9. The summed E-state index contributed by atoms with van der Waals surface area (Å²) < 4.78 is 11.2. The van der Waals surface area contributed by atoms with E-state index in [1.54, 1.807) is 48.5 Å². The molecule has 0 spiro atoms. The van der Waals surface area contributed by atoms with Crippen LogP contribution in [0.4, 0.5) is 11.4 Å². The predicted molar refractivity (Wildman–Crippen MR) is 117 cm³/mol. The van der Waals surface area contributed by atoms with Crippen LogP contribution in [-0.4, -0.2) is 22.3 Å². The molecule has 10 heteroatoms. The van der Waals surface area contributed by atoms with Crippen molar-refractivity contribution in [3.05, 3.63) is 105 Å². The van der Waals surface area contributed by atoms with Crippen molar-refractivity contribution in [1.29, 1.82) is 0 Å². The van der Waals surface area contributed by atoms with Gasteiger partial charge in [0.25, 0.3) is 11.4 Å². The predicted octanol–water partition coefficient (Wildman–Crippen LogP) is 5.48. The zero-order valence-electron chi connectivity index (χ0n) is 16.3. The van der Waals surface area contributed by atoms with Gasteiger partial charge in [-0.1, -0.05) is 24.3 Å². The lowest BCUT2D eigenvalue weighted by atomic mass is 10.1. The SMILES string of the molecule is O=[N+]([O-])c1cccc(-c2ccc(/C=N/N=C/c3ccc(-c4cccc([N+](=O)[O-])c4)o3)o2)c1. The molecule has 10 nitrogen and oxygen atoms in total. The molecule has 0 N–H and O–H groups in total. The summed E-state index contributed by atoms with van der Waals surface area (Å²) in [6.45, 7) is 0. The molecule has 0 aliphatic heterocycles.